The molecule has 3 rings (SSSR count). The van der Waals surface area contributed by atoms with E-state index in [0.717, 1.165) is 29.3 Å². The predicted molar refractivity (Wildman–Crippen MR) is 133 cm³/mol. The highest BCUT2D eigenvalue weighted by atomic mass is 32.1. The minimum absolute atomic E-state index is 0.143. The summed E-state index contributed by atoms with van der Waals surface area (Å²) in [6.07, 6.45) is 0. The summed E-state index contributed by atoms with van der Waals surface area (Å²) in [6.45, 7) is 13.7. The Bertz CT molecular complexity index is 1010. The number of benzene rings is 1. The SMILES string of the molecule is CCN(CC)CCN1C(=O)C(=O)/C(=C(/O)c2ccc(OCC(C)C)c(C)c2)[C@H]1c1cccs1. The zero-order chi connectivity index (χ0) is 24.1. The molecule has 178 valence electrons. The van der Waals surface area contributed by atoms with E-state index >= 15 is 0 Å². The van der Waals surface area contributed by atoms with E-state index in [1.54, 1.807) is 17.0 Å². The topological polar surface area (TPSA) is 70.1 Å². The first-order chi connectivity index (χ1) is 15.8. The molecule has 1 atom stereocenters. The molecule has 0 unspecified atom stereocenters. The van der Waals surface area contributed by atoms with Gasteiger partial charge in [0.2, 0.25) is 0 Å². The number of aryl methyl sites for hydroxylation is 1. The maximum Gasteiger partial charge on any atom is 0.295 e. The maximum absolute atomic E-state index is 13.1. The number of likely N-dealkylation sites (N-methyl/N-ethyl adjacent to an activating group) is 1. The minimum atomic E-state index is -0.636. The largest absolute Gasteiger partial charge is 0.507 e. The third-order valence-electron chi connectivity index (χ3n) is 5.92. The first-order valence-electron chi connectivity index (χ1n) is 11.6. The van der Waals surface area contributed by atoms with Gasteiger partial charge >= 0.3 is 0 Å². The van der Waals surface area contributed by atoms with E-state index in [9.17, 15) is 14.7 Å². The Balaban J connectivity index is 1.99. The molecule has 1 amide bonds. The molecular formula is C26H34N2O4S. The molecule has 0 bridgehead atoms. The molecule has 1 aromatic carbocycles. The number of aliphatic hydroxyl groups is 1. The van der Waals surface area contributed by atoms with Crippen LogP contribution in [0.1, 0.15) is 49.7 Å². The summed E-state index contributed by atoms with van der Waals surface area (Å²) in [5.74, 6) is -0.195. The minimum Gasteiger partial charge on any atom is -0.507 e. The van der Waals surface area contributed by atoms with Crippen molar-refractivity contribution >= 4 is 28.8 Å². The third kappa shape index (κ3) is 5.47. The lowest BCUT2D eigenvalue weighted by Crippen LogP contribution is -2.37. The molecule has 1 aliphatic rings. The molecule has 1 aliphatic heterocycles. The molecule has 0 spiro atoms. The number of amides is 1. The Morgan fingerprint density at radius 3 is 2.52 bits per heavy atom. The van der Waals surface area contributed by atoms with Crippen molar-refractivity contribution in [2.75, 3.05) is 32.8 Å². The number of likely N-dealkylation sites (tertiary alicyclic amines) is 1. The van der Waals surface area contributed by atoms with Crippen molar-refractivity contribution in [1.29, 1.82) is 0 Å². The van der Waals surface area contributed by atoms with Gasteiger partial charge in [-0.15, -0.1) is 11.3 Å². The fraction of sp³-hybridized carbons (Fsp3) is 0.462. The number of carbonyl (C=O) groups is 2. The monoisotopic (exact) mass is 470 g/mol. The predicted octanol–water partition coefficient (Wildman–Crippen LogP) is 4.85. The molecule has 0 saturated carbocycles. The van der Waals surface area contributed by atoms with Crippen molar-refractivity contribution in [1.82, 2.24) is 9.80 Å². The fourth-order valence-corrected chi connectivity index (χ4v) is 4.86. The number of hydrogen-bond acceptors (Lipinski definition) is 6. The first-order valence-corrected chi connectivity index (χ1v) is 12.4. The summed E-state index contributed by atoms with van der Waals surface area (Å²) in [4.78, 5) is 30.8. The molecule has 1 N–H and O–H groups in total. The fourth-order valence-electron chi connectivity index (χ4n) is 4.01. The normalized spacial score (nSPS) is 18.0. The molecule has 1 aromatic heterocycles. The van der Waals surface area contributed by atoms with Gasteiger partial charge in [-0.3, -0.25) is 9.59 Å². The second-order valence-corrected chi connectivity index (χ2v) is 9.70. The molecule has 6 nitrogen and oxygen atoms in total. The molecular weight excluding hydrogens is 436 g/mol. The smallest absolute Gasteiger partial charge is 0.295 e. The molecule has 1 saturated heterocycles. The number of Topliss-reactive ketones (excluding diaryl/α,β-unsaturated/α-hetero) is 1. The van der Waals surface area contributed by atoms with Crippen LogP contribution in [0.4, 0.5) is 0 Å². The van der Waals surface area contributed by atoms with Gasteiger partial charge in [-0.25, -0.2) is 0 Å². The summed E-state index contributed by atoms with van der Waals surface area (Å²) in [5.41, 5.74) is 1.52. The quantitative estimate of drug-likeness (QED) is 0.305. The number of hydrogen-bond donors (Lipinski definition) is 1. The van der Waals surface area contributed by atoms with Crippen molar-refractivity contribution in [2.24, 2.45) is 5.92 Å². The summed E-state index contributed by atoms with van der Waals surface area (Å²) < 4.78 is 5.84. The van der Waals surface area contributed by atoms with E-state index in [-0.39, 0.29) is 11.3 Å². The van der Waals surface area contributed by atoms with E-state index in [1.165, 1.54) is 11.3 Å². The van der Waals surface area contributed by atoms with Crippen LogP contribution in [0.5, 0.6) is 5.75 Å². The van der Waals surface area contributed by atoms with Gasteiger partial charge in [0.1, 0.15) is 11.5 Å². The van der Waals surface area contributed by atoms with Gasteiger partial charge in [-0.1, -0.05) is 33.8 Å². The highest BCUT2D eigenvalue weighted by Gasteiger charge is 2.46. The number of rotatable bonds is 10. The van der Waals surface area contributed by atoms with Crippen molar-refractivity contribution in [3.63, 3.8) is 0 Å². The zero-order valence-electron chi connectivity index (χ0n) is 20.1. The average Bonchev–Trinajstić information content (AvgIpc) is 3.40. The van der Waals surface area contributed by atoms with Crippen LogP contribution in [0.3, 0.4) is 0 Å². The molecule has 0 radical (unpaired) electrons. The van der Waals surface area contributed by atoms with Crippen LogP contribution in [0, 0.1) is 12.8 Å². The van der Waals surface area contributed by atoms with E-state index in [2.05, 4.69) is 32.6 Å². The van der Waals surface area contributed by atoms with Crippen LogP contribution < -0.4 is 4.74 Å². The van der Waals surface area contributed by atoms with Crippen LogP contribution >= 0.6 is 11.3 Å². The molecule has 1 fully saturated rings. The van der Waals surface area contributed by atoms with E-state index < -0.39 is 17.7 Å². The summed E-state index contributed by atoms with van der Waals surface area (Å²) in [6, 6.07) is 8.58. The van der Waals surface area contributed by atoms with Crippen molar-refractivity contribution in [2.45, 2.75) is 40.7 Å². The van der Waals surface area contributed by atoms with E-state index in [1.807, 2.05) is 30.5 Å². The van der Waals surface area contributed by atoms with Crippen LogP contribution in [0.25, 0.3) is 5.76 Å². The summed E-state index contributed by atoms with van der Waals surface area (Å²) in [7, 11) is 0. The molecule has 2 heterocycles. The Kier molecular flexibility index (Phi) is 8.32. The first kappa shape index (κ1) is 25.0. The number of carbonyl (C=O) groups excluding carboxylic acids is 2. The lowest BCUT2D eigenvalue weighted by molar-refractivity contribution is -0.140. The number of aliphatic hydroxyl groups excluding tert-OH is 1. The van der Waals surface area contributed by atoms with E-state index in [0.29, 0.717) is 31.2 Å². The Morgan fingerprint density at radius 1 is 1.21 bits per heavy atom. The van der Waals surface area contributed by atoms with E-state index in [4.69, 9.17) is 4.74 Å². The van der Waals surface area contributed by atoms with Crippen LogP contribution in [0.15, 0.2) is 41.3 Å². The van der Waals surface area contributed by atoms with Crippen LogP contribution in [0.2, 0.25) is 0 Å². The Morgan fingerprint density at radius 2 is 1.94 bits per heavy atom. The van der Waals surface area contributed by atoms with Crippen LogP contribution in [-0.2, 0) is 9.59 Å². The van der Waals surface area contributed by atoms with Gasteiger partial charge in [-0.2, -0.15) is 0 Å². The Hall–Kier alpha value is -2.64. The van der Waals surface area contributed by atoms with Gasteiger partial charge in [-0.05, 0) is 61.1 Å². The molecule has 2 aromatic rings. The second kappa shape index (κ2) is 11.0. The average molecular weight is 471 g/mol. The van der Waals surface area contributed by atoms with Crippen LogP contribution in [-0.4, -0.2) is 59.4 Å². The van der Waals surface area contributed by atoms with Gasteiger partial charge < -0.3 is 19.6 Å². The summed E-state index contributed by atoms with van der Waals surface area (Å²) >= 11 is 1.48. The van der Waals surface area contributed by atoms with Gasteiger partial charge in [0.05, 0.1) is 18.2 Å². The number of thiophene rings is 1. The zero-order valence-corrected chi connectivity index (χ0v) is 20.9. The molecule has 7 heteroatoms. The lowest BCUT2D eigenvalue weighted by Gasteiger charge is -2.27. The number of ketones is 1. The lowest BCUT2D eigenvalue weighted by atomic mass is 9.98. The standard InChI is InChI=1S/C26H34N2O4S/c1-6-27(7-2)12-13-28-23(21-9-8-14-33-21)22(25(30)26(28)31)24(29)19-10-11-20(18(5)15-19)32-16-17(3)4/h8-11,14-15,17,23,29H,6-7,12-13,16H2,1-5H3/b24-22+/t23-/m1/s1. The third-order valence-corrected chi connectivity index (χ3v) is 6.85. The Labute approximate surface area is 200 Å². The van der Waals surface area contributed by atoms with Crippen molar-refractivity contribution < 1.29 is 19.4 Å². The number of nitrogens with zero attached hydrogens (tertiary/aromatic N) is 2. The second-order valence-electron chi connectivity index (χ2n) is 8.72. The highest BCUT2D eigenvalue weighted by Crippen LogP contribution is 2.41. The number of ether oxygens (including phenoxy) is 1. The van der Waals surface area contributed by atoms with Gasteiger partial charge in [0.25, 0.3) is 11.7 Å². The highest BCUT2D eigenvalue weighted by molar-refractivity contribution is 7.10. The van der Waals surface area contributed by atoms with Crippen molar-refractivity contribution in [3.05, 3.63) is 57.3 Å². The molecule has 33 heavy (non-hydrogen) atoms. The molecule has 0 aliphatic carbocycles. The van der Waals surface area contributed by atoms with Crippen molar-refractivity contribution in [3.8, 4) is 5.75 Å². The van der Waals surface area contributed by atoms with Gasteiger partial charge in [0, 0.05) is 23.5 Å². The summed E-state index contributed by atoms with van der Waals surface area (Å²) in [5, 5.41) is 13.2. The maximum atomic E-state index is 13.1. The van der Waals surface area contributed by atoms with Gasteiger partial charge in [0.15, 0.2) is 0 Å².